The first-order chi connectivity index (χ1) is 19.3. The molecule has 0 aliphatic rings. The molecule has 0 bridgehead atoms. The fourth-order valence-electron chi connectivity index (χ4n) is 4.39. The van der Waals surface area contributed by atoms with Crippen LogP contribution in [0.1, 0.15) is 42.5 Å². The summed E-state index contributed by atoms with van der Waals surface area (Å²) in [6.07, 6.45) is -3.75. The Morgan fingerprint density at radius 3 is 2.12 bits per heavy atom. The summed E-state index contributed by atoms with van der Waals surface area (Å²) in [5.41, 5.74) is -3.55. The van der Waals surface area contributed by atoms with Crippen molar-refractivity contribution in [2.75, 3.05) is 26.0 Å². The molecule has 0 aliphatic heterocycles. The zero-order chi connectivity index (χ0) is 31.5. The Morgan fingerprint density at radius 1 is 0.905 bits per heavy atom. The zero-order valence-corrected chi connectivity index (χ0v) is 23.8. The van der Waals surface area contributed by atoms with Crippen molar-refractivity contribution in [3.05, 3.63) is 94.6 Å². The number of halogens is 7. The summed E-state index contributed by atoms with van der Waals surface area (Å²) >= 11 is 0. The first-order valence-electron chi connectivity index (χ1n) is 12.7. The molecule has 5 nitrogen and oxygen atoms in total. The van der Waals surface area contributed by atoms with Gasteiger partial charge in [-0.05, 0) is 50.1 Å². The molecule has 3 rings (SSSR count). The highest BCUT2D eigenvalue weighted by atomic mass is 32.2. The van der Waals surface area contributed by atoms with Gasteiger partial charge in [0.2, 0.25) is 0 Å². The van der Waals surface area contributed by atoms with Crippen molar-refractivity contribution >= 4 is 9.84 Å². The molecule has 0 radical (unpaired) electrons. The Kier molecular flexibility index (Phi) is 10.0. The predicted octanol–water partition coefficient (Wildman–Crippen LogP) is 6.68. The molecular weight excluding hydrogens is 591 g/mol. The minimum Gasteiger partial charge on any atom is -0.493 e. The lowest BCUT2D eigenvalue weighted by molar-refractivity contribution is -0.137. The minimum atomic E-state index is -4.63. The van der Waals surface area contributed by atoms with Crippen LogP contribution in [0.5, 0.6) is 5.75 Å². The van der Waals surface area contributed by atoms with Crippen LogP contribution in [0.2, 0.25) is 0 Å². The second kappa shape index (κ2) is 12.6. The van der Waals surface area contributed by atoms with Gasteiger partial charge in [0.1, 0.15) is 17.4 Å². The lowest BCUT2D eigenvalue weighted by atomic mass is 9.97. The average Bonchev–Trinajstić information content (AvgIpc) is 2.84. The summed E-state index contributed by atoms with van der Waals surface area (Å²) in [5, 5.41) is 10.3. The summed E-state index contributed by atoms with van der Waals surface area (Å²) in [5.74, 6) is -5.40. The Balaban J connectivity index is 1.80. The van der Waals surface area contributed by atoms with Gasteiger partial charge in [0, 0.05) is 36.5 Å². The summed E-state index contributed by atoms with van der Waals surface area (Å²) in [4.78, 5) is 0.734. The van der Waals surface area contributed by atoms with Crippen molar-refractivity contribution < 1.29 is 49.0 Å². The van der Waals surface area contributed by atoms with Crippen molar-refractivity contribution in [2.24, 2.45) is 0 Å². The van der Waals surface area contributed by atoms with Gasteiger partial charge < -0.3 is 9.84 Å². The van der Waals surface area contributed by atoms with Gasteiger partial charge in [0.15, 0.2) is 9.84 Å². The number of alkyl halides is 5. The van der Waals surface area contributed by atoms with Gasteiger partial charge in [-0.15, -0.1) is 0 Å². The molecule has 13 heteroatoms. The number of nitrogens with zero attached hydrogens (tertiary/aromatic N) is 1. The number of rotatable bonds is 12. The number of benzene rings is 3. The Hall–Kier alpha value is -3.16. The topological polar surface area (TPSA) is 66.8 Å². The average molecular weight is 622 g/mol. The van der Waals surface area contributed by atoms with E-state index in [0.29, 0.717) is 0 Å². The second-order valence-corrected chi connectivity index (χ2v) is 12.4. The molecule has 0 unspecified atom stereocenters. The fraction of sp³-hybridized carbons (Fsp3) is 0.379. The van der Waals surface area contributed by atoms with E-state index in [1.807, 2.05) is 0 Å². The number of ether oxygens (including phenoxy) is 1. The molecule has 0 aliphatic carbocycles. The second-order valence-electron chi connectivity index (χ2n) is 10.4. The van der Waals surface area contributed by atoms with E-state index in [1.165, 1.54) is 30.9 Å². The lowest BCUT2D eigenvalue weighted by Gasteiger charge is -2.28. The van der Waals surface area contributed by atoms with E-state index in [0.717, 1.165) is 54.8 Å². The summed E-state index contributed by atoms with van der Waals surface area (Å²) in [6, 6.07) is 9.80. The quantitative estimate of drug-likeness (QED) is 0.181. The molecule has 0 saturated heterocycles. The first-order valence-corrected chi connectivity index (χ1v) is 14.6. The molecule has 0 saturated carbocycles. The third kappa shape index (κ3) is 8.92. The monoisotopic (exact) mass is 621 g/mol. The molecular formula is C29H30F7NO4S. The first kappa shape index (κ1) is 33.3. The van der Waals surface area contributed by atoms with Gasteiger partial charge in [0.25, 0.3) is 5.92 Å². The van der Waals surface area contributed by atoms with E-state index in [2.05, 4.69) is 0 Å². The third-order valence-electron chi connectivity index (χ3n) is 6.28. The largest absolute Gasteiger partial charge is 0.493 e. The molecule has 3 aromatic carbocycles. The van der Waals surface area contributed by atoms with Crippen LogP contribution < -0.4 is 4.74 Å². The van der Waals surface area contributed by atoms with Crippen LogP contribution in [0.4, 0.5) is 30.7 Å². The highest BCUT2D eigenvalue weighted by Crippen LogP contribution is 2.34. The molecule has 3 aromatic rings. The van der Waals surface area contributed by atoms with E-state index in [-0.39, 0.29) is 37.4 Å². The summed E-state index contributed by atoms with van der Waals surface area (Å²) < 4.78 is 128. The van der Waals surface area contributed by atoms with Crippen LogP contribution >= 0.6 is 0 Å². The molecule has 0 heterocycles. The van der Waals surface area contributed by atoms with Gasteiger partial charge in [-0.25, -0.2) is 17.2 Å². The third-order valence-corrected chi connectivity index (χ3v) is 7.40. The number of hydrogen-bond acceptors (Lipinski definition) is 5. The van der Waals surface area contributed by atoms with E-state index in [9.17, 15) is 35.5 Å². The summed E-state index contributed by atoms with van der Waals surface area (Å²) in [6.45, 7) is 0.959. The van der Waals surface area contributed by atoms with E-state index in [1.54, 1.807) is 0 Å². The molecule has 230 valence electrons. The van der Waals surface area contributed by atoms with Crippen LogP contribution in [-0.4, -0.2) is 44.4 Å². The fourth-order valence-corrected chi connectivity index (χ4v) is 5.44. The van der Waals surface area contributed by atoms with Crippen molar-refractivity contribution in [1.29, 1.82) is 0 Å². The van der Waals surface area contributed by atoms with Gasteiger partial charge in [-0.2, -0.15) is 22.0 Å². The summed E-state index contributed by atoms with van der Waals surface area (Å²) in [7, 11) is -3.98. The Labute approximate surface area is 239 Å². The van der Waals surface area contributed by atoms with E-state index in [4.69, 9.17) is 4.74 Å². The molecule has 0 aromatic heterocycles. The number of sulfone groups is 1. The molecule has 42 heavy (non-hydrogen) atoms. The molecule has 0 spiro atoms. The van der Waals surface area contributed by atoms with Crippen LogP contribution in [0.25, 0.3) is 0 Å². The van der Waals surface area contributed by atoms with Crippen molar-refractivity contribution in [3.8, 4) is 5.75 Å². The predicted molar refractivity (Wildman–Crippen MR) is 142 cm³/mol. The van der Waals surface area contributed by atoms with Crippen molar-refractivity contribution in [2.45, 2.75) is 49.4 Å². The maximum atomic E-state index is 15.1. The SMILES string of the molecule is CC(C)(O)c1c(F)cc(OCCCN(Cc2cccc(C(F)(F)F)c2)CC(F)(F)c2ccc(F)cc2)cc1S(C)(=O)=O. The maximum absolute atomic E-state index is 15.1. The Morgan fingerprint density at radius 2 is 1.55 bits per heavy atom. The lowest BCUT2D eigenvalue weighted by Crippen LogP contribution is -2.36. The van der Waals surface area contributed by atoms with Gasteiger partial charge >= 0.3 is 6.18 Å². The van der Waals surface area contributed by atoms with Gasteiger partial charge in [-0.3, -0.25) is 4.90 Å². The minimum absolute atomic E-state index is 0.0432. The standard InChI is InChI=1S/C29H30F7NO4S/c1-27(2,38)26-24(31)15-23(16-25(26)42(3,39)40)41-13-5-12-37(17-19-6-4-7-21(14-19)29(34,35)36)18-28(32,33)20-8-10-22(30)11-9-20/h4,6-11,14-16,38H,5,12-13,17-18H2,1-3H3. The number of hydrogen-bond donors (Lipinski definition) is 1. The van der Waals surface area contributed by atoms with E-state index >= 15 is 8.78 Å². The molecule has 0 atom stereocenters. The Bertz CT molecular complexity index is 1490. The van der Waals surface area contributed by atoms with Crippen LogP contribution in [0.15, 0.2) is 65.6 Å². The van der Waals surface area contributed by atoms with Crippen LogP contribution in [-0.2, 0) is 34.1 Å². The van der Waals surface area contributed by atoms with Crippen LogP contribution in [0.3, 0.4) is 0 Å². The van der Waals surface area contributed by atoms with Crippen molar-refractivity contribution in [3.63, 3.8) is 0 Å². The smallest absolute Gasteiger partial charge is 0.416 e. The molecule has 0 fully saturated rings. The normalized spacial score (nSPS) is 13.0. The van der Waals surface area contributed by atoms with Gasteiger partial charge in [0.05, 0.1) is 29.2 Å². The van der Waals surface area contributed by atoms with Gasteiger partial charge in [-0.1, -0.05) is 30.3 Å². The van der Waals surface area contributed by atoms with Crippen LogP contribution in [0, 0.1) is 11.6 Å². The van der Waals surface area contributed by atoms with Crippen molar-refractivity contribution in [1.82, 2.24) is 4.90 Å². The highest BCUT2D eigenvalue weighted by molar-refractivity contribution is 7.90. The number of aliphatic hydroxyl groups is 1. The molecule has 1 N–H and O–H groups in total. The maximum Gasteiger partial charge on any atom is 0.416 e. The zero-order valence-electron chi connectivity index (χ0n) is 23.0. The van der Waals surface area contributed by atoms with E-state index < -0.39 is 67.3 Å². The highest BCUT2D eigenvalue weighted by Gasteiger charge is 2.35. The molecule has 0 amide bonds.